The van der Waals surface area contributed by atoms with Gasteiger partial charge in [0.05, 0.1) is 0 Å². The van der Waals surface area contributed by atoms with Gasteiger partial charge in [0.15, 0.2) is 5.76 Å². The van der Waals surface area contributed by atoms with Crippen LogP contribution >= 0.6 is 0 Å². The standard InChI is InChI=1S/C20H25N3O2/c1-4-7-16-8-9-18-17(14-16)15(2)19(25-18)20(24)22(3)11-6-13-23-12-5-10-21-23/h5,8-10,12,14H,4,6-7,11,13H2,1-3H3. The van der Waals surface area contributed by atoms with Gasteiger partial charge < -0.3 is 9.32 Å². The first kappa shape index (κ1) is 17.3. The molecular weight excluding hydrogens is 314 g/mol. The fourth-order valence-electron chi connectivity index (χ4n) is 3.09. The SMILES string of the molecule is CCCc1ccc2oc(C(=O)N(C)CCCn3cccn3)c(C)c2c1. The second kappa shape index (κ2) is 7.55. The summed E-state index contributed by atoms with van der Waals surface area (Å²) in [5, 5.41) is 5.22. The zero-order valence-electron chi connectivity index (χ0n) is 15.2. The molecule has 0 radical (unpaired) electrons. The predicted octanol–water partition coefficient (Wildman–Crippen LogP) is 4.05. The van der Waals surface area contributed by atoms with Crippen LogP contribution in [-0.4, -0.2) is 34.2 Å². The first-order valence-corrected chi connectivity index (χ1v) is 8.85. The predicted molar refractivity (Wildman–Crippen MR) is 98.8 cm³/mol. The van der Waals surface area contributed by atoms with E-state index in [0.29, 0.717) is 12.3 Å². The van der Waals surface area contributed by atoms with Gasteiger partial charge in [0.2, 0.25) is 0 Å². The zero-order valence-corrected chi connectivity index (χ0v) is 15.2. The van der Waals surface area contributed by atoms with Gasteiger partial charge in [-0.05, 0) is 43.5 Å². The number of aryl methyl sites for hydroxylation is 3. The van der Waals surface area contributed by atoms with Crippen molar-refractivity contribution in [2.45, 2.75) is 39.7 Å². The number of aromatic nitrogens is 2. The maximum Gasteiger partial charge on any atom is 0.289 e. The van der Waals surface area contributed by atoms with Crippen molar-refractivity contribution in [1.29, 1.82) is 0 Å². The molecule has 2 heterocycles. The minimum absolute atomic E-state index is 0.0637. The second-order valence-electron chi connectivity index (χ2n) is 6.49. The third kappa shape index (κ3) is 3.76. The van der Waals surface area contributed by atoms with Crippen molar-refractivity contribution in [3.63, 3.8) is 0 Å². The quantitative estimate of drug-likeness (QED) is 0.652. The molecule has 5 heteroatoms. The number of carbonyl (C=O) groups is 1. The van der Waals surface area contributed by atoms with Gasteiger partial charge in [-0.25, -0.2) is 0 Å². The summed E-state index contributed by atoms with van der Waals surface area (Å²) < 4.78 is 7.73. The first-order chi connectivity index (χ1) is 12.1. The molecule has 1 amide bonds. The Balaban J connectivity index is 1.71. The Morgan fingerprint density at radius 1 is 1.36 bits per heavy atom. The molecule has 1 aromatic carbocycles. The van der Waals surface area contributed by atoms with Gasteiger partial charge in [-0.2, -0.15) is 5.10 Å². The van der Waals surface area contributed by atoms with Crippen LogP contribution in [0.1, 0.15) is 41.4 Å². The van der Waals surface area contributed by atoms with E-state index in [1.807, 2.05) is 37.0 Å². The highest BCUT2D eigenvalue weighted by Crippen LogP contribution is 2.27. The molecule has 2 aromatic heterocycles. The summed E-state index contributed by atoms with van der Waals surface area (Å²) in [6.45, 7) is 5.59. The number of rotatable bonds is 7. The Morgan fingerprint density at radius 3 is 2.92 bits per heavy atom. The van der Waals surface area contributed by atoms with E-state index >= 15 is 0 Å². The molecule has 5 nitrogen and oxygen atoms in total. The lowest BCUT2D eigenvalue weighted by molar-refractivity contribution is 0.0761. The summed E-state index contributed by atoms with van der Waals surface area (Å²) in [5.41, 5.74) is 2.99. The highest BCUT2D eigenvalue weighted by Gasteiger charge is 2.21. The molecule has 0 atom stereocenters. The van der Waals surface area contributed by atoms with E-state index in [9.17, 15) is 4.79 Å². The third-order valence-electron chi connectivity index (χ3n) is 4.52. The van der Waals surface area contributed by atoms with Gasteiger partial charge in [0.1, 0.15) is 5.58 Å². The molecule has 0 saturated heterocycles. The van der Waals surface area contributed by atoms with Crippen molar-refractivity contribution >= 4 is 16.9 Å². The van der Waals surface area contributed by atoms with Crippen molar-refractivity contribution in [2.24, 2.45) is 0 Å². The second-order valence-corrected chi connectivity index (χ2v) is 6.49. The number of nitrogens with zero attached hydrogens (tertiary/aromatic N) is 3. The topological polar surface area (TPSA) is 51.3 Å². The molecule has 0 bridgehead atoms. The molecule has 3 rings (SSSR count). The molecule has 0 aliphatic rings. The highest BCUT2D eigenvalue weighted by atomic mass is 16.3. The van der Waals surface area contributed by atoms with E-state index in [-0.39, 0.29) is 5.91 Å². The van der Waals surface area contributed by atoms with Gasteiger partial charge in [-0.3, -0.25) is 9.48 Å². The third-order valence-corrected chi connectivity index (χ3v) is 4.52. The minimum Gasteiger partial charge on any atom is -0.451 e. The first-order valence-electron chi connectivity index (χ1n) is 8.85. The van der Waals surface area contributed by atoms with Crippen LogP contribution in [0, 0.1) is 6.92 Å². The fraction of sp³-hybridized carbons (Fsp3) is 0.400. The van der Waals surface area contributed by atoms with E-state index in [1.165, 1.54) is 5.56 Å². The van der Waals surface area contributed by atoms with Crippen LogP contribution < -0.4 is 0 Å². The van der Waals surface area contributed by atoms with E-state index in [4.69, 9.17) is 4.42 Å². The van der Waals surface area contributed by atoms with E-state index in [2.05, 4.69) is 24.2 Å². The average Bonchev–Trinajstić information content (AvgIpc) is 3.23. The van der Waals surface area contributed by atoms with Crippen molar-refractivity contribution in [3.05, 3.63) is 53.5 Å². The van der Waals surface area contributed by atoms with Crippen molar-refractivity contribution in [3.8, 4) is 0 Å². The summed E-state index contributed by atoms with van der Waals surface area (Å²) >= 11 is 0. The van der Waals surface area contributed by atoms with E-state index in [0.717, 1.165) is 42.3 Å². The Kier molecular flexibility index (Phi) is 5.22. The van der Waals surface area contributed by atoms with Crippen LogP contribution in [-0.2, 0) is 13.0 Å². The normalized spacial score (nSPS) is 11.2. The maximum atomic E-state index is 12.7. The van der Waals surface area contributed by atoms with E-state index < -0.39 is 0 Å². The van der Waals surface area contributed by atoms with Crippen molar-refractivity contribution in [2.75, 3.05) is 13.6 Å². The largest absolute Gasteiger partial charge is 0.451 e. The lowest BCUT2D eigenvalue weighted by Crippen LogP contribution is -2.28. The number of furan rings is 1. The molecule has 0 saturated carbocycles. The molecule has 0 fully saturated rings. The number of benzene rings is 1. The molecule has 0 spiro atoms. The molecule has 0 aliphatic heterocycles. The number of carbonyl (C=O) groups excluding carboxylic acids is 1. The Labute approximate surface area is 148 Å². The average molecular weight is 339 g/mol. The maximum absolute atomic E-state index is 12.7. The number of hydrogen-bond acceptors (Lipinski definition) is 3. The summed E-state index contributed by atoms with van der Waals surface area (Å²) in [5.74, 6) is 0.386. The molecule has 3 aromatic rings. The molecular formula is C20H25N3O2. The highest BCUT2D eigenvalue weighted by molar-refractivity contribution is 5.98. The summed E-state index contributed by atoms with van der Waals surface area (Å²) in [4.78, 5) is 14.5. The zero-order chi connectivity index (χ0) is 17.8. The number of hydrogen-bond donors (Lipinski definition) is 0. The van der Waals surface area contributed by atoms with Crippen molar-refractivity contribution in [1.82, 2.24) is 14.7 Å². The van der Waals surface area contributed by atoms with Gasteiger partial charge in [-0.15, -0.1) is 0 Å². The van der Waals surface area contributed by atoms with Crippen LogP contribution in [0.15, 0.2) is 41.1 Å². The van der Waals surface area contributed by atoms with Gasteiger partial charge in [0.25, 0.3) is 5.91 Å². The summed E-state index contributed by atoms with van der Waals surface area (Å²) in [7, 11) is 1.82. The summed E-state index contributed by atoms with van der Waals surface area (Å²) in [6.07, 6.45) is 6.69. The van der Waals surface area contributed by atoms with E-state index in [1.54, 1.807) is 11.1 Å². The van der Waals surface area contributed by atoms with Gasteiger partial charge >= 0.3 is 0 Å². The molecule has 0 aliphatic carbocycles. The molecule has 25 heavy (non-hydrogen) atoms. The van der Waals surface area contributed by atoms with Crippen LogP contribution in [0.25, 0.3) is 11.0 Å². The van der Waals surface area contributed by atoms with Crippen LogP contribution in [0.2, 0.25) is 0 Å². The van der Waals surface area contributed by atoms with Gasteiger partial charge in [-0.1, -0.05) is 19.4 Å². The number of amides is 1. The lowest BCUT2D eigenvalue weighted by Gasteiger charge is -2.16. The van der Waals surface area contributed by atoms with Crippen LogP contribution in [0.5, 0.6) is 0 Å². The molecule has 0 unspecified atom stereocenters. The molecule has 0 N–H and O–H groups in total. The molecule has 132 valence electrons. The van der Waals surface area contributed by atoms with Gasteiger partial charge in [0, 0.05) is 43.5 Å². The number of fused-ring (bicyclic) bond motifs is 1. The monoisotopic (exact) mass is 339 g/mol. The fourth-order valence-corrected chi connectivity index (χ4v) is 3.09. The summed E-state index contributed by atoms with van der Waals surface area (Å²) in [6, 6.07) is 8.10. The smallest absolute Gasteiger partial charge is 0.289 e. The van der Waals surface area contributed by atoms with Crippen LogP contribution in [0.3, 0.4) is 0 Å². The Morgan fingerprint density at radius 2 is 2.20 bits per heavy atom. The van der Waals surface area contributed by atoms with Crippen LogP contribution in [0.4, 0.5) is 0 Å². The Bertz CT molecular complexity index is 849. The lowest BCUT2D eigenvalue weighted by atomic mass is 10.1. The Hall–Kier alpha value is -2.56. The van der Waals surface area contributed by atoms with Crippen molar-refractivity contribution < 1.29 is 9.21 Å². The minimum atomic E-state index is -0.0637.